The van der Waals surface area contributed by atoms with Crippen LogP contribution < -0.4 is 0 Å². The molecule has 0 saturated carbocycles. The predicted molar refractivity (Wildman–Crippen MR) is 80.5 cm³/mol. The van der Waals surface area contributed by atoms with Gasteiger partial charge in [-0.1, -0.05) is 0 Å². The van der Waals surface area contributed by atoms with E-state index >= 15 is 0 Å². The Bertz CT molecular complexity index is 888. The minimum absolute atomic E-state index is 0. The topological polar surface area (TPSA) is 115 Å². The molecule has 0 aliphatic rings. The zero-order valence-electron chi connectivity index (χ0n) is 10.3. The van der Waals surface area contributed by atoms with E-state index in [1.165, 1.54) is 0 Å². The summed E-state index contributed by atoms with van der Waals surface area (Å²) in [5, 5.41) is 0. The van der Waals surface area contributed by atoms with Crippen LogP contribution in [0, 0.1) is 9.28 Å². The van der Waals surface area contributed by atoms with E-state index in [0.717, 1.165) is 31.6 Å². The van der Waals surface area contributed by atoms with Crippen molar-refractivity contribution < 1.29 is 16.8 Å². The molecule has 0 atom stereocenters. The molecule has 21 heavy (non-hydrogen) atoms. The summed E-state index contributed by atoms with van der Waals surface area (Å²) in [5.41, 5.74) is 3.05. The molecule has 4 rings (SSSR count). The van der Waals surface area contributed by atoms with Crippen molar-refractivity contribution in [2.24, 2.45) is 0 Å². The van der Waals surface area contributed by atoms with Gasteiger partial charge in [-0.25, -0.2) is 19.9 Å². The maximum Gasteiger partial charge on any atom is 0.323 e. The zero-order valence-corrected chi connectivity index (χ0v) is 13.2. The van der Waals surface area contributed by atoms with E-state index in [2.05, 4.69) is 64.3 Å². The second-order valence-corrected chi connectivity index (χ2v) is 4.60. The van der Waals surface area contributed by atoms with Gasteiger partial charge < -0.3 is 9.97 Å². The van der Waals surface area contributed by atoms with Gasteiger partial charge in [-0.05, 0) is 0 Å². The molecule has 109 valence electrons. The van der Waals surface area contributed by atoms with E-state index in [-0.39, 0.29) is 16.8 Å². The van der Waals surface area contributed by atoms with E-state index < -0.39 is 0 Å². The van der Waals surface area contributed by atoms with Crippen LogP contribution in [0.2, 0.25) is 0 Å². The van der Waals surface area contributed by atoms with Gasteiger partial charge in [0.2, 0.25) is 0 Å². The summed E-state index contributed by atoms with van der Waals surface area (Å²) >= 11 is 8.28. The van der Waals surface area contributed by atoms with Gasteiger partial charge in [0.1, 0.15) is 0 Å². The summed E-state index contributed by atoms with van der Waals surface area (Å²) < 4.78 is 1.46. The molecular weight excluding hydrogens is 355 g/mol. The molecule has 1 radical (unpaired) electrons. The average Bonchev–Trinajstić information content (AvgIpc) is 3.08. The molecule has 0 aliphatic heterocycles. The number of nitrogens with zero attached hydrogens (tertiary/aromatic N) is 4. The van der Waals surface area contributed by atoms with Crippen molar-refractivity contribution in [3.8, 4) is 0 Å². The van der Waals surface area contributed by atoms with Crippen molar-refractivity contribution in [3.63, 3.8) is 0 Å². The molecular formula is C10H10CoN8S2+2. The zero-order chi connectivity index (χ0) is 13.9. The van der Waals surface area contributed by atoms with Crippen molar-refractivity contribution in [2.45, 2.75) is 0 Å². The molecule has 11 heteroatoms. The molecule has 4 N–H and O–H groups in total. The SMILES string of the molecule is [Co].[SH+]=c1[nH]cnc2[nH]cnc12.[SH+]=c1[nH]cnc2[nH]cnc12. The smallest absolute Gasteiger partial charge is 0.323 e. The minimum Gasteiger partial charge on any atom is -0.329 e. The van der Waals surface area contributed by atoms with Gasteiger partial charge in [0.05, 0.1) is 25.3 Å². The fraction of sp³-hybridized carbons (Fsp3) is 0. The van der Waals surface area contributed by atoms with Gasteiger partial charge in [-0.3, -0.25) is 9.97 Å². The first-order valence-electron chi connectivity index (χ1n) is 5.53. The van der Waals surface area contributed by atoms with Crippen LogP contribution in [0.15, 0.2) is 25.3 Å². The van der Waals surface area contributed by atoms with Crippen molar-refractivity contribution in [2.75, 3.05) is 0 Å². The molecule has 4 aromatic heterocycles. The molecule has 0 spiro atoms. The molecule has 0 amide bonds. The molecule has 0 aliphatic carbocycles. The van der Waals surface area contributed by atoms with Crippen molar-refractivity contribution in [3.05, 3.63) is 34.6 Å². The molecule has 8 nitrogen and oxygen atoms in total. The van der Waals surface area contributed by atoms with Crippen molar-refractivity contribution in [1.29, 1.82) is 0 Å². The van der Waals surface area contributed by atoms with Crippen molar-refractivity contribution in [1.82, 2.24) is 39.9 Å². The average molecular weight is 365 g/mol. The second-order valence-electron chi connectivity index (χ2n) is 3.70. The maximum absolute atomic E-state index is 4.14. The quantitative estimate of drug-likeness (QED) is 0.202. The number of nitrogens with one attached hydrogen (secondary N) is 4. The number of imidazole rings is 2. The summed E-state index contributed by atoms with van der Waals surface area (Å²) in [5.74, 6) is 0. The second kappa shape index (κ2) is 6.67. The number of thiol groups is 2. The number of hydrogen-bond acceptors (Lipinski definition) is 4. The van der Waals surface area contributed by atoms with E-state index in [4.69, 9.17) is 0 Å². The third-order valence-electron chi connectivity index (χ3n) is 2.48. The number of hydrogen-bond donors (Lipinski definition) is 4. The number of H-pyrrole nitrogens is 4. The van der Waals surface area contributed by atoms with Crippen molar-refractivity contribution >= 4 is 46.8 Å². The standard InChI is InChI=1S/2C5H4N4S.Co/c2*10-5-3-4(7-1-6-3)8-2-9-5;/h2*1-2H,(H2,6,7,8,9,10);/p+2. The van der Waals surface area contributed by atoms with Crippen LogP contribution in [0.3, 0.4) is 0 Å². The normalized spacial score (nSPS) is 9.90. The third kappa shape index (κ3) is 3.21. The molecule has 0 bridgehead atoms. The Labute approximate surface area is 138 Å². The molecule has 0 saturated heterocycles. The first-order chi connectivity index (χ1) is 9.75. The Hall–Kier alpha value is -1.95. The monoisotopic (exact) mass is 365 g/mol. The number of aromatic amines is 4. The Kier molecular flexibility index (Phi) is 4.90. The van der Waals surface area contributed by atoms with Crippen LogP contribution in [0.25, 0.3) is 22.3 Å². The summed E-state index contributed by atoms with van der Waals surface area (Å²) in [6.45, 7) is 0. The fourth-order valence-electron chi connectivity index (χ4n) is 1.57. The summed E-state index contributed by atoms with van der Waals surface area (Å²) in [6, 6.07) is 0. The fourth-order valence-corrected chi connectivity index (χ4v) is 2.01. The first-order valence-corrected chi connectivity index (χ1v) is 6.42. The minimum atomic E-state index is 0. The maximum atomic E-state index is 4.14. The predicted octanol–water partition coefficient (Wildman–Crippen LogP) is 0.192. The van der Waals surface area contributed by atoms with Crippen LogP contribution in [0.5, 0.6) is 0 Å². The van der Waals surface area contributed by atoms with Crippen LogP contribution in [0.4, 0.5) is 0 Å². The summed E-state index contributed by atoms with van der Waals surface area (Å²) in [6.07, 6.45) is 6.32. The number of rotatable bonds is 0. The van der Waals surface area contributed by atoms with Gasteiger partial charge in [0, 0.05) is 16.8 Å². The molecule has 4 heterocycles. The van der Waals surface area contributed by atoms with E-state index in [9.17, 15) is 0 Å². The van der Waals surface area contributed by atoms with Gasteiger partial charge in [-0.2, -0.15) is 0 Å². The van der Waals surface area contributed by atoms with Gasteiger partial charge in [0.15, 0.2) is 46.8 Å². The number of aromatic nitrogens is 8. The van der Waals surface area contributed by atoms with E-state index in [0.29, 0.717) is 0 Å². The van der Waals surface area contributed by atoms with Gasteiger partial charge in [-0.15, -0.1) is 0 Å². The van der Waals surface area contributed by atoms with Crippen LogP contribution in [-0.2, 0) is 41.2 Å². The molecule has 0 aromatic carbocycles. The van der Waals surface area contributed by atoms with E-state index in [1.54, 1.807) is 25.3 Å². The van der Waals surface area contributed by atoms with Gasteiger partial charge >= 0.3 is 9.28 Å². The summed E-state index contributed by atoms with van der Waals surface area (Å²) in [7, 11) is 0. The molecule has 0 unspecified atom stereocenters. The van der Waals surface area contributed by atoms with Crippen LogP contribution in [-0.4, -0.2) is 39.9 Å². The molecule has 4 aromatic rings. The Morgan fingerprint density at radius 2 is 1.00 bits per heavy atom. The molecule has 0 fully saturated rings. The summed E-state index contributed by atoms with van der Waals surface area (Å²) in [4.78, 5) is 27.3. The van der Waals surface area contributed by atoms with Crippen LogP contribution in [0.1, 0.15) is 0 Å². The largest absolute Gasteiger partial charge is 0.329 e. The number of fused-ring (bicyclic) bond motifs is 2. The first kappa shape index (κ1) is 15.4. The third-order valence-corrected chi connectivity index (χ3v) is 3.16. The Morgan fingerprint density at radius 3 is 1.38 bits per heavy atom. The van der Waals surface area contributed by atoms with E-state index in [1.807, 2.05) is 0 Å². The van der Waals surface area contributed by atoms with Gasteiger partial charge in [0.25, 0.3) is 0 Å². The Morgan fingerprint density at radius 1 is 0.619 bits per heavy atom. The Balaban J connectivity index is 0.000000147. The van der Waals surface area contributed by atoms with Crippen LogP contribution >= 0.6 is 0 Å².